The number of nitrogens with one attached hydrogen (secondary N) is 2. The summed E-state index contributed by atoms with van der Waals surface area (Å²) in [7, 11) is 0. The fourth-order valence-corrected chi connectivity index (χ4v) is 2.54. The van der Waals surface area contributed by atoms with E-state index in [0.29, 0.717) is 11.1 Å². The summed E-state index contributed by atoms with van der Waals surface area (Å²) in [5.41, 5.74) is 0.313. The van der Waals surface area contributed by atoms with Gasteiger partial charge >= 0.3 is 0 Å². The van der Waals surface area contributed by atoms with Crippen LogP contribution in [0.1, 0.15) is 29.4 Å². The molecule has 3 nitrogen and oxygen atoms in total. The Labute approximate surface area is 119 Å². The van der Waals surface area contributed by atoms with E-state index in [-0.39, 0.29) is 18.7 Å². The van der Waals surface area contributed by atoms with Gasteiger partial charge in [0.25, 0.3) is 11.8 Å². The van der Waals surface area contributed by atoms with Crippen LogP contribution in [-0.4, -0.2) is 23.4 Å². The van der Waals surface area contributed by atoms with E-state index < -0.39 is 23.1 Å². The van der Waals surface area contributed by atoms with Crippen LogP contribution < -0.4 is 5.32 Å². The van der Waals surface area contributed by atoms with Crippen LogP contribution in [0.5, 0.6) is 0 Å². The molecule has 3 rings (SSSR count). The van der Waals surface area contributed by atoms with E-state index in [1.165, 1.54) is 19.1 Å². The van der Waals surface area contributed by atoms with Crippen LogP contribution in [0.25, 0.3) is 10.9 Å². The normalized spacial score (nSPS) is 23.3. The number of aromatic nitrogens is 1. The maximum atomic E-state index is 13.2. The minimum absolute atomic E-state index is 0.0813. The molecule has 0 bridgehead atoms. The first-order valence-electron chi connectivity index (χ1n) is 6.67. The van der Waals surface area contributed by atoms with Gasteiger partial charge in [0.2, 0.25) is 0 Å². The second kappa shape index (κ2) is 4.26. The average Bonchev–Trinajstić information content (AvgIpc) is 2.74. The van der Waals surface area contributed by atoms with Gasteiger partial charge < -0.3 is 10.3 Å². The van der Waals surface area contributed by atoms with Gasteiger partial charge in [0, 0.05) is 23.9 Å². The number of alkyl halides is 2. The third-order valence-electron chi connectivity index (χ3n) is 4.26. The summed E-state index contributed by atoms with van der Waals surface area (Å²) in [6, 6.07) is 4.20. The van der Waals surface area contributed by atoms with Crippen LogP contribution in [0.3, 0.4) is 0 Å². The molecular formula is C15H15F3N2O. The Morgan fingerprint density at radius 2 is 2.10 bits per heavy atom. The molecule has 0 saturated heterocycles. The molecule has 1 amide bonds. The van der Waals surface area contributed by atoms with Crippen molar-refractivity contribution >= 4 is 16.8 Å². The highest BCUT2D eigenvalue weighted by molar-refractivity contribution is 6.00. The Hall–Kier alpha value is -1.98. The molecule has 0 aliphatic heterocycles. The van der Waals surface area contributed by atoms with Gasteiger partial charge in [-0.15, -0.1) is 0 Å². The summed E-state index contributed by atoms with van der Waals surface area (Å²) in [6.45, 7) is 3.10. The monoisotopic (exact) mass is 296 g/mol. The number of halogens is 3. The number of H-pyrrole nitrogens is 1. The minimum atomic E-state index is -2.71. The summed E-state index contributed by atoms with van der Waals surface area (Å²) in [4.78, 5) is 15.0. The number of benzene rings is 1. The Morgan fingerprint density at radius 3 is 2.71 bits per heavy atom. The quantitative estimate of drug-likeness (QED) is 0.896. The second-order valence-corrected chi connectivity index (χ2v) is 5.94. The van der Waals surface area contributed by atoms with Crippen molar-refractivity contribution in [3.05, 3.63) is 35.3 Å². The lowest BCUT2D eigenvalue weighted by atomic mass is 10.1. The Morgan fingerprint density at radius 1 is 1.43 bits per heavy atom. The highest BCUT2D eigenvalue weighted by atomic mass is 19.3. The van der Waals surface area contributed by atoms with Gasteiger partial charge in [-0.05, 0) is 30.7 Å². The first kappa shape index (κ1) is 14.0. The lowest BCUT2D eigenvalue weighted by Gasteiger charge is -2.11. The molecule has 1 aromatic carbocycles. The number of hydrogen-bond acceptors (Lipinski definition) is 1. The number of fused-ring (bicyclic) bond motifs is 1. The molecule has 21 heavy (non-hydrogen) atoms. The molecule has 1 aliphatic carbocycles. The molecule has 1 aliphatic rings. The number of carbonyl (C=O) groups is 1. The van der Waals surface area contributed by atoms with Crippen LogP contribution >= 0.6 is 0 Å². The van der Waals surface area contributed by atoms with Crippen LogP contribution in [0, 0.1) is 18.2 Å². The largest absolute Gasteiger partial charge is 0.350 e. The Balaban J connectivity index is 1.80. The Kier molecular flexibility index (Phi) is 2.83. The zero-order valence-electron chi connectivity index (χ0n) is 11.7. The minimum Gasteiger partial charge on any atom is -0.350 e. The average molecular weight is 296 g/mol. The number of carbonyl (C=O) groups excluding carboxylic acids is 1. The first-order chi connectivity index (χ1) is 9.73. The van der Waals surface area contributed by atoms with Gasteiger partial charge in [-0.1, -0.05) is 6.92 Å². The van der Waals surface area contributed by atoms with Gasteiger partial charge in [0.05, 0.1) is 5.41 Å². The molecule has 1 saturated carbocycles. The zero-order valence-corrected chi connectivity index (χ0v) is 11.7. The highest BCUT2D eigenvalue weighted by Gasteiger charge is 2.67. The van der Waals surface area contributed by atoms with E-state index in [1.807, 2.05) is 0 Å². The van der Waals surface area contributed by atoms with Crippen molar-refractivity contribution in [1.29, 1.82) is 0 Å². The van der Waals surface area contributed by atoms with Crippen molar-refractivity contribution in [3.8, 4) is 0 Å². The smallest absolute Gasteiger partial charge is 0.268 e. The number of aryl methyl sites for hydroxylation is 1. The van der Waals surface area contributed by atoms with E-state index >= 15 is 0 Å². The number of hydrogen-bond donors (Lipinski definition) is 2. The van der Waals surface area contributed by atoms with Crippen LogP contribution in [0.15, 0.2) is 18.2 Å². The van der Waals surface area contributed by atoms with E-state index in [4.69, 9.17) is 0 Å². The molecule has 0 radical (unpaired) electrons. The topological polar surface area (TPSA) is 44.9 Å². The number of amides is 1. The molecule has 2 aromatic rings. The standard InChI is InChI=1S/C15H15F3N2O/c1-8-10-4-3-9(16)5-11(10)20-12(8)13(21)19-7-14(2)6-15(14,17)18/h3-5,20H,6-7H2,1-2H3,(H,19,21). The van der Waals surface area contributed by atoms with Crippen LogP contribution in [-0.2, 0) is 0 Å². The van der Waals surface area contributed by atoms with Crippen molar-refractivity contribution in [3.63, 3.8) is 0 Å². The Bertz CT molecular complexity index is 738. The van der Waals surface area contributed by atoms with E-state index in [2.05, 4.69) is 10.3 Å². The van der Waals surface area contributed by atoms with Crippen molar-refractivity contribution < 1.29 is 18.0 Å². The zero-order chi connectivity index (χ0) is 15.4. The lowest BCUT2D eigenvalue weighted by Crippen LogP contribution is -2.32. The molecule has 1 fully saturated rings. The van der Waals surface area contributed by atoms with E-state index in [0.717, 1.165) is 5.39 Å². The van der Waals surface area contributed by atoms with Gasteiger partial charge in [-0.25, -0.2) is 13.2 Å². The van der Waals surface area contributed by atoms with Crippen molar-refractivity contribution in [2.75, 3.05) is 6.54 Å². The fourth-order valence-electron chi connectivity index (χ4n) is 2.54. The fraction of sp³-hybridized carbons (Fsp3) is 0.400. The van der Waals surface area contributed by atoms with E-state index in [1.54, 1.807) is 13.0 Å². The molecule has 0 spiro atoms. The third-order valence-corrected chi connectivity index (χ3v) is 4.26. The summed E-state index contributed by atoms with van der Waals surface area (Å²) >= 11 is 0. The summed E-state index contributed by atoms with van der Waals surface area (Å²) in [5.74, 6) is -3.56. The van der Waals surface area contributed by atoms with Crippen LogP contribution in [0.2, 0.25) is 0 Å². The van der Waals surface area contributed by atoms with Gasteiger partial charge in [0.15, 0.2) is 0 Å². The molecule has 6 heteroatoms. The van der Waals surface area contributed by atoms with Gasteiger partial charge in [-0.3, -0.25) is 4.79 Å². The van der Waals surface area contributed by atoms with Gasteiger partial charge in [-0.2, -0.15) is 0 Å². The second-order valence-electron chi connectivity index (χ2n) is 5.94. The third kappa shape index (κ3) is 2.18. The van der Waals surface area contributed by atoms with Crippen LogP contribution in [0.4, 0.5) is 13.2 Å². The predicted molar refractivity (Wildman–Crippen MR) is 73.0 cm³/mol. The van der Waals surface area contributed by atoms with Crippen molar-refractivity contribution in [1.82, 2.24) is 10.3 Å². The van der Waals surface area contributed by atoms with Gasteiger partial charge in [0.1, 0.15) is 11.5 Å². The molecule has 1 heterocycles. The summed E-state index contributed by atoms with van der Waals surface area (Å²) in [5, 5.41) is 3.27. The molecular weight excluding hydrogens is 281 g/mol. The number of aromatic amines is 1. The lowest BCUT2D eigenvalue weighted by molar-refractivity contribution is 0.0675. The highest BCUT2D eigenvalue weighted by Crippen LogP contribution is 2.59. The van der Waals surface area contributed by atoms with Crippen molar-refractivity contribution in [2.45, 2.75) is 26.2 Å². The molecule has 1 aromatic heterocycles. The predicted octanol–water partition coefficient (Wildman–Crippen LogP) is 3.39. The van der Waals surface area contributed by atoms with E-state index in [9.17, 15) is 18.0 Å². The maximum Gasteiger partial charge on any atom is 0.268 e. The maximum absolute atomic E-state index is 13.2. The number of rotatable bonds is 3. The first-order valence-corrected chi connectivity index (χ1v) is 6.67. The molecule has 2 N–H and O–H groups in total. The van der Waals surface area contributed by atoms with Crippen molar-refractivity contribution in [2.24, 2.45) is 5.41 Å². The molecule has 1 atom stereocenters. The molecule has 1 unspecified atom stereocenters. The SMILES string of the molecule is Cc1c(C(=O)NCC2(C)CC2(F)F)[nH]c2cc(F)ccc12. The summed E-state index contributed by atoms with van der Waals surface area (Å²) < 4.78 is 39.4. The molecule has 112 valence electrons. The summed E-state index contributed by atoms with van der Waals surface area (Å²) in [6.07, 6.45) is -0.211.